The Morgan fingerprint density at radius 2 is 0.769 bits per heavy atom. The van der Waals surface area contributed by atoms with Crippen molar-refractivity contribution in [3.63, 3.8) is 0 Å². The molecule has 0 aromatic heterocycles. The molecule has 26 heavy (non-hydrogen) atoms. The quantitative estimate of drug-likeness (QED) is 0.108. The maximum Gasteiger partial charge on any atom is 0.236 e. The minimum Gasteiger partial charge on any atom is -0.343 e. The molecule has 0 rings (SSSR count). The van der Waals surface area contributed by atoms with E-state index in [0.29, 0.717) is 15.2 Å². The maximum atomic E-state index is 3.78. The van der Waals surface area contributed by atoms with Crippen LogP contribution in [0.3, 0.4) is 0 Å². The van der Waals surface area contributed by atoms with E-state index in [0.717, 1.165) is 6.42 Å². The summed E-state index contributed by atoms with van der Waals surface area (Å²) in [6.45, 7) is 10.6. The van der Waals surface area contributed by atoms with Gasteiger partial charge in [-0.05, 0) is 0 Å². The molecule has 0 aliphatic heterocycles. The summed E-state index contributed by atoms with van der Waals surface area (Å²) in [6.07, 6.45) is 25.7. The maximum absolute atomic E-state index is 3.78. The van der Waals surface area contributed by atoms with Crippen LogP contribution in [0.4, 0.5) is 0 Å². The molecule has 154 valence electrons. The van der Waals surface area contributed by atoms with Crippen molar-refractivity contribution in [2.75, 3.05) is 0 Å². The first-order chi connectivity index (χ1) is 12.3. The van der Waals surface area contributed by atoms with Crippen LogP contribution in [0.15, 0.2) is 0 Å². The predicted octanol–water partition coefficient (Wildman–Crippen LogP) is 9.16. The topological polar surface area (TPSA) is 0 Å². The number of hydrogen-bond acceptors (Lipinski definition) is 0. The molecular weight excluding hydrogens is 381 g/mol. The van der Waals surface area contributed by atoms with Gasteiger partial charge in [0.05, 0.1) is 0 Å². The Bertz CT molecular complexity index is 177. The summed E-state index contributed by atoms with van der Waals surface area (Å²) in [5.74, 6) is 0. The molecule has 0 aliphatic rings. The van der Waals surface area contributed by atoms with Gasteiger partial charge in [0.2, 0.25) is 15.2 Å². The van der Waals surface area contributed by atoms with Gasteiger partial charge in [-0.15, -0.1) is 0 Å². The molecule has 0 nitrogen and oxygen atoms in total. The molecule has 0 radical (unpaired) electrons. The first-order valence-electron chi connectivity index (χ1n) is 12.1. The summed E-state index contributed by atoms with van der Waals surface area (Å²) in [6, 6.07) is 0. The zero-order chi connectivity index (χ0) is 18.8. The SMILES string of the molecule is CCCCCCC[CH2][AlH][CH2]CCCCCCC.[CH2-]CCCCCCC.[Zn]. The van der Waals surface area contributed by atoms with Gasteiger partial charge in [0.15, 0.2) is 0 Å². The molecule has 0 bridgehead atoms. The first kappa shape index (κ1) is 31.8. The van der Waals surface area contributed by atoms with E-state index < -0.39 is 0 Å². The normalized spacial score (nSPS) is 10.0. The summed E-state index contributed by atoms with van der Waals surface area (Å²) in [4.78, 5) is 0. The molecule has 0 aliphatic carbocycles. The van der Waals surface area contributed by atoms with Gasteiger partial charge in [-0.3, -0.25) is 0 Å². The summed E-state index contributed by atoms with van der Waals surface area (Å²) in [5.41, 5.74) is 0. The second-order valence-corrected chi connectivity index (χ2v) is 9.99. The fourth-order valence-electron chi connectivity index (χ4n) is 3.22. The van der Waals surface area contributed by atoms with E-state index in [-0.39, 0.29) is 19.5 Å². The van der Waals surface area contributed by atoms with E-state index in [9.17, 15) is 0 Å². The largest absolute Gasteiger partial charge is 0.343 e. The van der Waals surface area contributed by atoms with E-state index in [1.54, 1.807) is 23.4 Å². The average molecular weight is 433 g/mol. The second-order valence-electron chi connectivity index (χ2n) is 7.86. The van der Waals surface area contributed by atoms with E-state index >= 15 is 0 Å². The summed E-state index contributed by atoms with van der Waals surface area (Å²) in [5, 5.41) is 3.25. The predicted molar refractivity (Wildman–Crippen MR) is 122 cm³/mol. The molecule has 0 fully saturated rings. The van der Waals surface area contributed by atoms with Crippen LogP contribution in [-0.4, -0.2) is 15.2 Å². The van der Waals surface area contributed by atoms with E-state index in [4.69, 9.17) is 0 Å². The van der Waals surface area contributed by atoms with Crippen LogP contribution in [0.25, 0.3) is 0 Å². The minimum atomic E-state index is 0. The first-order valence-corrected chi connectivity index (χ1v) is 14.1. The number of rotatable bonds is 19. The van der Waals surface area contributed by atoms with Gasteiger partial charge in [0, 0.05) is 19.5 Å². The van der Waals surface area contributed by atoms with Gasteiger partial charge >= 0.3 is 0 Å². The minimum absolute atomic E-state index is 0. The zero-order valence-corrected chi connectivity index (χ0v) is 23.6. The fourth-order valence-corrected chi connectivity index (χ4v) is 4.99. The van der Waals surface area contributed by atoms with Crippen molar-refractivity contribution in [1.29, 1.82) is 0 Å². The van der Waals surface area contributed by atoms with Crippen LogP contribution < -0.4 is 0 Å². The average Bonchev–Trinajstić information content (AvgIpc) is 2.63. The van der Waals surface area contributed by atoms with Crippen LogP contribution in [0, 0.1) is 6.92 Å². The molecule has 0 N–H and O–H groups in total. The third kappa shape index (κ3) is 36.1. The van der Waals surface area contributed by atoms with Gasteiger partial charge in [-0.25, -0.2) is 0 Å². The van der Waals surface area contributed by atoms with E-state index in [2.05, 4.69) is 27.7 Å². The molecule has 0 atom stereocenters. The summed E-state index contributed by atoms with van der Waals surface area (Å²) < 4.78 is 0. The molecule has 0 heterocycles. The Morgan fingerprint density at radius 3 is 1.12 bits per heavy atom. The molecule has 0 aromatic rings. The van der Waals surface area contributed by atoms with Crippen LogP contribution in [0.1, 0.15) is 136 Å². The van der Waals surface area contributed by atoms with Crippen molar-refractivity contribution >= 4 is 15.2 Å². The van der Waals surface area contributed by atoms with Gasteiger partial charge in [-0.2, -0.15) is 6.42 Å². The van der Waals surface area contributed by atoms with E-state index in [1.165, 1.54) is 96.3 Å². The molecule has 0 aromatic carbocycles. The summed E-state index contributed by atoms with van der Waals surface area (Å²) >= 11 is 0.332. The van der Waals surface area contributed by atoms with Crippen LogP contribution in [0.5, 0.6) is 0 Å². The Kier molecular flexibility index (Phi) is 41.3. The molecule has 0 saturated heterocycles. The van der Waals surface area contributed by atoms with Crippen molar-refractivity contribution in [2.45, 2.75) is 147 Å². The van der Waals surface area contributed by atoms with Gasteiger partial charge in [0.25, 0.3) is 0 Å². The van der Waals surface area contributed by atoms with Crippen LogP contribution >= 0.6 is 0 Å². The Labute approximate surface area is 187 Å². The van der Waals surface area contributed by atoms with Crippen molar-refractivity contribution in [1.82, 2.24) is 0 Å². The third-order valence-electron chi connectivity index (χ3n) is 5.06. The summed E-state index contributed by atoms with van der Waals surface area (Å²) in [7, 11) is 0. The van der Waals surface area contributed by atoms with Gasteiger partial charge < -0.3 is 6.92 Å². The van der Waals surface area contributed by atoms with Gasteiger partial charge in [0.1, 0.15) is 0 Å². The molecule has 0 spiro atoms. The van der Waals surface area contributed by atoms with Crippen molar-refractivity contribution < 1.29 is 19.5 Å². The molecule has 0 saturated carbocycles. The molecule has 0 unspecified atom stereocenters. The van der Waals surface area contributed by atoms with Crippen molar-refractivity contribution in [2.24, 2.45) is 0 Å². The van der Waals surface area contributed by atoms with E-state index in [1.807, 2.05) is 0 Å². The smallest absolute Gasteiger partial charge is 0.236 e. The monoisotopic (exact) mass is 431 g/mol. The fraction of sp³-hybridized carbons (Fsp3) is 0.958. The van der Waals surface area contributed by atoms with Crippen molar-refractivity contribution in [3.8, 4) is 0 Å². The second kappa shape index (κ2) is 33.7. The van der Waals surface area contributed by atoms with Crippen molar-refractivity contribution in [3.05, 3.63) is 6.92 Å². The third-order valence-corrected chi connectivity index (χ3v) is 7.06. The Balaban J connectivity index is -0.000000498. The van der Waals surface area contributed by atoms with Gasteiger partial charge in [-0.1, -0.05) is 140 Å². The molecular formula is C24H52AlZn-. The number of unbranched alkanes of at least 4 members (excludes halogenated alkanes) is 15. The van der Waals surface area contributed by atoms with Crippen LogP contribution in [0.2, 0.25) is 10.6 Å². The Hall–Kier alpha value is 1.16. The molecule has 0 amide bonds. The zero-order valence-electron chi connectivity index (χ0n) is 19.3. The standard InChI is InChI=1S/3C8H17.Al.Zn.H/c3*1-3-5-7-8-6-4-2;;;/h3*1,3-8H2,2H3;;;/q;;-1;;;. The Morgan fingerprint density at radius 1 is 0.462 bits per heavy atom. The molecule has 2 heteroatoms. The number of hydrogen-bond donors (Lipinski definition) is 0. The van der Waals surface area contributed by atoms with Crippen LogP contribution in [-0.2, 0) is 19.5 Å².